The van der Waals surface area contributed by atoms with Crippen molar-refractivity contribution in [2.24, 2.45) is 11.8 Å². The van der Waals surface area contributed by atoms with E-state index in [-0.39, 0.29) is 24.8 Å². The molecule has 0 bridgehead atoms. The second-order valence-corrected chi connectivity index (χ2v) is 34.5. The Bertz CT molecular complexity index is 727. The van der Waals surface area contributed by atoms with Crippen LogP contribution in [0.4, 0.5) is 0 Å². The van der Waals surface area contributed by atoms with E-state index < -0.39 is 17.4 Å². The summed E-state index contributed by atoms with van der Waals surface area (Å²) in [5, 5.41) is 0. The van der Waals surface area contributed by atoms with Crippen molar-refractivity contribution in [1.29, 1.82) is 0 Å². The van der Waals surface area contributed by atoms with E-state index in [4.69, 9.17) is 0 Å². The normalized spacial score (nSPS) is 24.4. The molecule has 0 radical (unpaired) electrons. The first kappa shape index (κ1) is 26.6. The third-order valence-electron chi connectivity index (χ3n) is 8.40. The minimum Gasteiger partial charge on any atom is -0.147 e. The van der Waals surface area contributed by atoms with Gasteiger partial charge in [0.2, 0.25) is 0 Å². The van der Waals surface area contributed by atoms with Gasteiger partial charge in [-0.3, -0.25) is 0 Å². The van der Waals surface area contributed by atoms with Gasteiger partial charge in [-0.2, -0.15) is 0 Å². The first-order chi connectivity index (χ1) is 11.0. The summed E-state index contributed by atoms with van der Waals surface area (Å²) in [6.07, 6.45) is 0. The maximum atomic E-state index is 2.51. The second kappa shape index (κ2) is 8.56. The summed E-state index contributed by atoms with van der Waals surface area (Å²) in [5.74, 6) is 1.31. The van der Waals surface area contributed by atoms with Gasteiger partial charge in [0.05, 0.1) is 0 Å². The van der Waals surface area contributed by atoms with Gasteiger partial charge in [-0.25, -0.2) is 0 Å². The van der Waals surface area contributed by atoms with Crippen LogP contribution >= 0.6 is 24.8 Å². The molecule has 2 aliphatic carbocycles. The Labute approximate surface area is 177 Å². The molecule has 0 fully saturated rings. The molecule has 2 aliphatic rings. The van der Waals surface area contributed by atoms with Crippen LogP contribution in [0.3, 0.4) is 0 Å². The summed E-state index contributed by atoms with van der Waals surface area (Å²) < 4.78 is 6.62. The van der Waals surface area contributed by atoms with Gasteiger partial charge in [0, 0.05) is 0 Å². The zero-order valence-corrected chi connectivity index (χ0v) is 24.1. The summed E-state index contributed by atoms with van der Waals surface area (Å²) in [6.45, 7) is 26.8. The summed E-state index contributed by atoms with van der Waals surface area (Å²) in [4.78, 5) is 0. The Hall–Kier alpha value is 0.640. The summed E-state index contributed by atoms with van der Waals surface area (Å²) >= 11 is -3.23. The number of hydrogen-bond acceptors (Lipinski definition) is 0. The van der Waals surface area contributed by atoms with E-state index in [0.717, 1.165) is 0 Å². The maximum absolute atomic E-state index is 3.23. The van der Waals surface area contributed by atoms with Gasteiger partial charge in [-0.05, 0) is 0 Å². The van der Waals surface area contributed by atoms with Crippen LogP contribution < -0.4 is 0 Å². The second-order valence-electron chi connectivity index (χ2n) is 8.78. The van der Waals surface area contributed by atoms with Crippen LogP contribution in [0.1, 0.15) is 69.2 Å². The fourth-order valence-corrected chi connectivity index (χ4v) is 30.8. The summed E-state index contributed by atoms with van der Waals surface area (Å²) in [6, 6.07) is 0. The van der Waals surface area contributed by atoms with Crippen molar-refractivity contribution in [3.05, 3.63) is 40.0 Å². The Balaban J connectivity index is 0.00000312. The largest absolute Gasteiger partial charge is 0.147 e. The molecule has 0 aromatic carbocycles. The molecule has 2 unspecified atom stereocenters. The van der Waals surface area contributed by atoms with Gasteiger partial charge in [0.1, 0.15) is 0 Å². The Morgan fingerprint density at radius 3 is 1.08 bits per heavy atom. The van der Waals surface area contributed by atoms with Crippen molar-refractivity contribution in [2.45, 2.75) is 77.5 Å². The molecular weight excluding hydrogens is 454 g/mol. The van der Waals surface area contributed by atoms with Crippen molar-refractivity contribution in [3.8, 4) is 0 Å². The molecule has 150 valence electrons. The van der Waals surface area contributed by atoms with Crippen LogP contribution in [0.15, 0.2) is 40.0 Å². The Morgan fingerprint density at radius 2 is 0.923 bits per heavy atom. The number of allylic oxidation sites excluding steroid dienone is 8. The minimum absolute atomic E-state index is 0. The molecule has 0 nitrogen and oxygen atoms in total. The van der Waals surface area contributed by atoms with Crippen LogP contribution in [-0.4, -0.2) is 6.88 Å². The molecule has 0 saturated carbocycles. The summed E-state index contributed by atoms with van der Waals surface area (Å²) in [5.41, 5.74) is 9.72. The van der Waals surface area contributed by atoms with E-state index in [9.17, 15) is 0 Å². The zero-order chi connectivity index (χ0) is 18.6. The van der Waals surface area contributed by atoms with Crippen molar-refractivity contribution >= 4 is 31.7 Å². The number of rotatable bonds is 4. The number of hydrogen-bond donors (Lipinski definition) is 0. The standard InChI is InChI=1S/2C9H13.2C2H5.2ClH.H2Si.Zr/c2*1-6-5-7(2)9(4)8(6)3;2*1-2;;;;/h2*6H,1-4H3;2*1H2,2H3;2*1H;1H2;. The smallest absolute Gasteiger partial charge is 0.147 e. The average molecular weight is 495 g/mol. The first-order valence-electron chi connectivity index (χ1n) is 9.78. The van der Waals surface area contributed by atoms with E-state index >= 15 is 0 Å². The van der Waals surface area contributed by atoms with Crippen LogP contribution in [0.2, 0.25) is 8.26 Å². The third kappa shape index (κ3) is 3.30. The minimum atomic E-state index is -3.23. The Kier molecular flexibility index (Phi) is 8.77. The van der Waals surface area contributed by atoms with Crippen LogP contribution in [-0.2, 0) is 17.4 Å². The molecule has 26 heavy (non-hydrogen) atoms. The van der Waals surface area contributed by atoms with E-state index in [0.29, 0.717) is 11.8 Å². The molecule has 0 aromatic heterocycles. The van der Waals surface area contributed by atoms with Crippen molar-refractivity contribution in [2.75, 3.05) is 0 Å². The van der Waals surface area contributed by atoms with Gasteiger partial charge >= 0.3 is 154 Å². The predicted octanol–water partition coefficient (Wildman–Crippen LogP) is 7.46. The maximum Gasteiger partial charge on any atom is -0.147 e. The van der Waals surface area contributed by atoms with Crippen molar-refractivity contribution in [3.63, 3.8) is 0 Å². The molecule has 4 heteroatoms. The Morgan fingerprint density at radius 1 is 0.654 bits per heavy atom. The quantitative estimate of drug-likeness (QED) is 0.356. The fraction of sp³-hybridized carbons (Fsp3) is 0.636. The fourth-order valence-electron chi connectivity index (χ4n) is 6.00. The van der Waals surface area contributed by atoms with Crippen LogP contribution in [0.25, 0.3) is 0 Å². The number of halogens is 2. The first-order valence-corrected chi connectivity index (χ1v) is 21.6. The van der Waals surface area contributed by atoms with Crippen LogP contribution in [0.5, 0.6) is 0 Å². The molecule has 0 saturated heterocycles. The molecule has 2 atom stereocenters. The van der Waals surface area contributed by atoms with Crippen molar-refractivity contribution < 1.29 is 17.4 Å². The average Bonchev–Trinajstić information content (AvgIpc) is 2.88. The van der Waals surface area contributed by atoms with Crippen LogP contribution in [0, 0.1) is 11.8 Å². The molecule has 0 heterocycles. The molecule has 0 aliphatic heterocycles. The van der Waals surface area contributed by atoms with Gasteiger partial charge in [0.15, 0.2) is 0 Å². The molecule has 2 rings (SSSR count). The van der Waals surface area contributed by atoms with Gasteiger partial charge in [0.25, 0.3) is 0 Å². The zero-order valence-electron chi connectivity index (χ0n) is 18.6. The third-order valence-corrected chi connectivity index (χ3v) is 38.1. The molecule has 0 N–H and O–H groups in total. The summed E-state index contributed by atoms with van der Waals surface area (Å²) in [7, 11) is 0. The van der Waals surface area contributed by atoms with E-state index in [1.807, 2.05) is 6.56 Å². The molecular formula is C22H40Cl2SiZr. The van der Waals surface area contributed by atoms with Gasteiger partial charge in [-0.15, -0.1) is 24.8 Å². The van der Waals surface area contributed by atoms with E-state index in [1.165, 1.54) is 8.26 Å². The monoisotopic (exact) mass is 492 g/mol. The molecule has 0 amide bonds. The van der Waals surface area contributed by atoms with Gasteiger partial charge < -0.3 is 0 Å². The van der Waals surface area contributed by atoms with E-state index in [2.05, 4.69) is 76.1 Å². The van der Waals surface area contributed by atoms with Crippen molar-refractivity contribution in [1.82, 2.24) is 0 Å². The van der Waals surface area contributed by atoms with Gasteiger partial charge in [-0.1, -0.05) is 0 Å². The molecule has 0 spiro atoms. The van der Waals surface area contributed by atoms with E-state index in [1.54, 1.807) is 33.4 Å². The molecule has 0 aromatic rings. The predicted molar refractivity (Wildman–Crippen MR) is 124 cm³/mol. The topological polar surface area (TPSA) is 0 Å². The SMILES string of the molecule is C[CH2][Zr](=[SiH2])([CH2]C)([C]1=C(C)C(C)=C(C)C1C)[C]1=C(C)C(C)=C(C)C1C.Cl.Cl.